The second-order valence-corrected chi connectivity index (χ2v) is 4.81. The first-order valence-electron chi connectivity index (χ1n) is 6.23. The standard InChI is InChI=1S/C12H26N2O/c1-4-5-11(2)8-13-9-12-10-14(3)6-7-15-12/h11-13H,4-10H2,1-3H3/t11-,12-/m1/s1. The third-order valence-electron chi connectivity index (χ3n) is 2.99. The van der Waals surface area contributed by atoms with Gasteiger partial charge in [0, 0.05) is 19.6 Å². The van der Waals surface area contributed by atoms with Crippen LogP contribution in [-0.4, -0.2) is 50.8 Å². The molecule has 15 heavy (non-hydrogen) atoms. The zero-order valence-electron chi connectivity index (χ0n) is 10.5. The molecule has 1 aliphatic heterocycles. The smallest absolute Gasteiger partial charge is 0.0826 e. The molecule has 0 aromatic carbocycles. The van der Waals surface area contributed by atoms with Crippen molar-refractivity contribution < 1.29 is 4.74 Å². The second-order valence-electron chi connectivity index (χ2n) is 4.81. The molecule has 1 fully saturated rings. The van der Waals surface area contributed by atoms with Crippen molar-refractivity contribution >= 4 is 0 Å². The molecule has 90 valence electrons. The quantitative estimate of drug-likeness (QED) is 0.722. The summed E-state index contributed by atoms with van der Waals surface area (Å²) in [4.78, 5) is 2.34. The molecule has 0 aliphatic carbocycles. The first-order valence-corrected chi connectivity index (χ1v) is 6.23. The summed E-state index contributed by atoms with van der Waals surface area (Å²) in [6.45, 7) is 9.70. The maximum absolute atomic E-state index is 5.69. The molecule has 0 saturated carbocycles. The van der Waals surface area contributed by atoms with Gasteiger partial charge in [0.1, 0.15) is 0 Å². The Hall–Kier alpha value is -0.120. The molecule has 0 bridgehead atoms. The molecule has 0 unspecified atom stereocenters. The highest BCUT2D eigenvalue weighted by Gasteiger charge is 2.16. The van der Waals surface area contributed by atoms with E-state index in [1.807, 2.05) is 0 Å². The SMILES string of the molecule is CCC[C@@H](C)CNC[C@@H]1CN(C)CCO1. The Bertz CT molecular complexity index is 164. The number of likely N-dealkylation sites (N-methyl/N-ethyl adjacent to an activating group) is 1. The van der Waals surface area contributed by atoms with Gasteiger partial charge in [-0.3, -0.25) is 0 Å². The van der Waals surface area contributed by atoms with Gasteiger partial charge in [-0.25, -0.2) is 0 Å². The fourth-order valence-electron chi connectivity index (χ4n) is 2.08. The normalized spacial score (nSPS) is 25.4. The van der Waals surface area contributed by atoms with Gasteiger partial charge in [-0.15, -0.1) is 0 Å². The summed E-state index contributed by atoms with van der Waals surface area (Å²) >= 11 is 0. The summed E-state index contributed by atoms with van der Waals surface area (Å²) in [7, 11) is 2.16. The minimum absolute atomic E-state index is 0.387. The van der Waals surface area contributed by atoms with E-state index in [0.29, 0.717) is 6.10 Å². The summed E-state index contributed by atoms with van der Waals surface area (Å²) in [6.07, 6.45) is 2.99. The number of nitrogens with zero attached hydrogens (tertiary/aromatic N) is 1. The van der Waals surface area contributed by atoms with Crippen molar-refractivity contribution in [1.29, 1.82) is 0 Å². The molecule has 3 heteroatoms. The Morgan fingerprint density at radius 1 is 1.53 bits per heavy atom. The predicted molar refractivity (Wildman–Crippen MR) is 64.2 cm³/mol. The zero-order valence-corrected chi connectivity index (χ0v) is 10.5. The largest absolute Gasteiger partial charge is 0.374 e. The molecule has 1 heterocycles. The van der Waals surface area contributed by atoms with E-state index in [9.17, 15) is 0 Å². The fraction of sp³-hybridized carbons (Fsp3) is 1.00. The Morgan fingerprint density at radius 2 is 2.33 bits per heavy atom. The van der Waals surface area contributed by atoms with E-state index in [4.69, 9.17) is 4.74 Å². The van der Waals surface area contributed by atoms with Crippen molar-refractivity contribution in [2.24, 2.45) is 5.92 Å². The average molecular weight is 214 g/mol. The Morgan fingerprint density at radius 3 is 3.00 bits per heavy atom. The summed E-state index contributed by atoms with van der Waals surface area (Å²) in [5, 5.41) is 3.51. The van der Waals surface area contributed by atoms with Crippen molar-refractivity contribution in [3.8, 4) is 0 Å². The van der Waals surface area contributed by atoms with Crippen LogP contribution in [0, 0.1) is 5.92 Å². The van der Waals surface area contributed by atoms with Crippen LogP contribution in [0.25, 0.3) is 0 Å². The summed E-state index contributed by atoms with van der Waals surface area (Å²) in [5.74, 6) is 0.788. The first-order chi connectivity index (χ1) is 7.22. The predicted octanol–water partition coefficient (Wildman–Crippen LogP) is 1.34. The van der Waals surface area contributed by atoms with Gasteiger partial charge in [-0.1, -0.05) is 20.3 Å². The number of hydrogen-bond acceptors (Lipinski definition) is 3. The van der Waals surface area contributed by atoms with Crippen LogP contribution in [0.2, 0.25) is 0 Å². The minimum atomic E-state index is 0.387. The minimum Gasteiger partial charge on any atom is -0.374 e. The molecular weight excluding hydrogens is 188 g/mol. The Kier molecular flexibility index (Phi) is 6.22. The average Bonchev–Trinajstić information content (AvgIpc) is 2.18. The van der Waals surface area contributed by atoms with Crippen molar-refractivity contribution in [2.45, 2.75) is 32.8 Å². The molecule has 2 atom stereocenters. The van der Waals surface area contributed by atoms with Gasteiger partial charge in [0.25, 0.3) is 0 Å². The highest BCUT2D eigenvalue weighted by molar-refractivity contribution is 4.71. The van der Waals surface area contributed by atoms with Crippen molar-refractivity contribution in [1.82, 2.24) is 10.2 Å². The summed E-state index contributed by atoms with van der Waals surface area (Å²) < 4.78 is 5.69. The van der Waals surface area contributed by atoms with Gasteiger partial charge in [0.15, 0.2) is 0 Å². The van der Waals surface area contributed by atoms with Crippen molar-refractivity contribution in [3.63, 3.8) is 0 Å². The third-order valence-corrected chi connectivity index (χ3v) is 2.99. The van der Waals surface area contributed by atoms with E-state index >= 15 is 0 Å². The maximum atomic E-state index is 5.69. The fourth-order valence-corrected chi connectivity index (χ4v) is 2.08. The number of hydrogen-bond donors (Lipinski definition) is 1. The van der Waals surface area contributed by atoms with E-state index in [0.717, 1.165) is 38.7 Å². The highest BCUT2D eigenvalue weighted by atomic mass is 16.5. The van der Waals surface area contributed by atoms with Gasteiger partial charge in [0.05, 0.1) is 12.7 Å². The van der Waals surface area contributed by atoms with Crippen molar-refractivity contribution in [2.75, 3.05) is 39.8 Å². The van der Waals surface area contributed by atoms with E-state index in [1.165, 1.54) is 12.8 Å². The number of nitrogens with one attached hydrogen (secondary N) is 1. The molecule has 0 aromatic heterocycles. The van der Waals surface area contributed by atoms with Gasteiger partial charge in [-0.05, 0) is 25.9 Å². The lowest BCUT2D eigenvalue weighted by atomic mass is 10.1. The van der Waals surface area contributed by atoms with Crippen LogP contribution in [0.4, 0.5) is 0 Å². The summed E-state index contributed by atoms with van der Waals surface area (Å²) in [5.41, 5.74) is 0. The topological polar surface area (TPSA) is 24.5 Å². The van der Waals surface area contributed by atoms with Crippen LogP contribution in [0.3, 0.4) is 0 Å². The Balaban J connectivity index is 2.03. The van der Waals surface area contributed by atoms with Gasteiger partial charge >= 0.3 is 0 Å². The molecule has 0 aromatic rings. The zero-order chi connectivity index (χ0) is 11.1. The van der Waals surface area contributed by atoms with Crippen LogP contribution >= 0.6 is 0 Å². The van der Waals surface area contributed by atoms with Crippen LogP contribution in [0.15, 0.2) is 0 Å². The van der Waals surface area contributed by atoms with Crippen LogP contribution in [-0.2, 0) is 4.74 Å². The number of morpholine rings is 1. The molecule has 1 aliphatic rings. The van der Waals surface area contributed by atoms with E-state index in [-0.39, 0.29) is 0 Å². The van der Waals surface area contributed by atoms with Gasteiger partial charge < -0.3 is 15.0 Å². The lowest BCUT2D eigenvalue weighted by Gasteiger charge is -2.30. The molecule has 0 amide bonds. The molecule has 1 saturated heterocycles. The maximum Gasteiger partial charge on any atom is 0.0826 e. The van der Waals surface area contributed by atoms with Crippen LogP contribution in [0.5, 0.6) is 0 Å². The van der Waals surface area contributed by atoms with E-state index < -0.39 is 0 Å². The van der Waals surface area contributed by atoms with Crippen molar-refractivity contribution in [3.05, 3.63) is 0 Å². The third kappa shape index (κ3) is 5.50. The molecule has 0 spiro atoms. The lowest BCUT2D eigenvalue weighted by Crippen LogP contribution is -2.45. The number of ether oxygens (including phenoxy) is 1. The second kappa shape index (κ2) is 7.20. The molecular formula is C12H26N2O. The van der Waals surface area contributed by atoms with Gasteiger partial charge in [-0.2, -0.15) is 0 Å². The highest BCUT2D eigenvalue weighted by Crippen LogP contribution is 2.04. The molecule has 1 rings (SSSR count). The molecule has 3 nitrogen and oxygen atoms in total. The van der Waals surface area contributed by atoms with Gasteiger partial charge in [0.2, 0.25) is 0 Å². The lowest BCUT2D eigenvalue weighted by molar-refractivity contribution is -0.0183. The summed E-state index contributed by atoms with van der Waals surface area (Å²) in [6, 6.07) is 0. The van der Waals surface area contributed by atoms with E-state index in [1.54, 1.807) is 0 Å². The first kappa shape index (κ1) is 12.9. The monoisotopic (exact) mass is 214 g/mol. The molecule has 0 radical (unpaired) electrons. The molecule has 1 N–H and O–H groups in total. The van der Waals surface area contributed by atoms with E-state index in [2.05, 4.69) is 31.1 Å². The van der Waals surface area contributed by atoms with Crippen LogP contribution in [0.1, 0.15) is 26.7 Å². The number of rotatable bonds is 6. The Labute approximate surface area is 94.2 Å². The van der Waals surface area contributed by atoms with Crippen LogP contribution < -0.4 is 5.32 Å².